The molecule has 3 rings (SSSR count). The largest absolute Gasteiger partial charge is 0.394 e. The molecule has 1 aliphatic heterocycles. The van der Waals surface area contributed by atoms with Crippen LogP contribution >= 0.6 is 0 Å². The van der Waals surface area contributed by atoms with E-state index in [1.165, 1.54) is 91.9 Å². The van der Waals surface area contributed by atoms with E-state index in [2.05, 4.69) is 193 Å². The topological polar surface area (TPSA) is 559 Å². The van der Waals surface area contributed by atoms with Gasteiger partial charge in [0.25, 0.3) is 0 Å². The molecule has 0 atom stereocenters. The van der Waals surface area contributed by atoms with E-state index in [0.29, 0.717) is 0 Å². The fraction of sp³-hybridized carbons (Fsp3) is 0.629. The number of carbonyl (C=O) groups is 12. The van der Waals surface area contributed by atoms with Gasteiger partial charge >= 0.3 is 0 Å². The number of likely N-dealkylation sites (tertiary alicyclic amines) is 1. The predicted octanol–water partition coefficient (Wildman–Crippen LogP) is 13.6. The molecule has 1 saturated heterocycles. The quantitative estimate of drug-likeness (QED) is 0.120. The van der Waals surface area contributed by atoms with E-state index in [0.717, 1.165) is 56.0 Å². The molecule has 0 radical (unpaired) electrons. The molecule has 2 aromatic rings. The van der Waals surface area contributed by atoms with Crippen molar-refractivity contribution in [3.8, 4) is 0 Å². The Morgan fingerprint density at radius 1 is 0.389 bits per heavy atom. The Bertz CT molecular complexity index is 1030. The SMILES string of the molecule is C=CCC.C=O.C=O.C=O.C=O.C=O.C=O.C=O.C=O.C=O.C=O.C=O.CC.CC.CC(=O)N1CCCCC1.CC(C)C.CC(C)O.CCC(C)C.CCC(C)C.CCC(C)C.CCc1ccccc1.CCc1ccccc1.CN.CN.CN.CN.CN.CN.N.N.N.N.N. The molecule has 25 heteroatoms. The lowest BCUT2D eigenvalue weighted by Gasteiger charge is -2.24. The summed E-state index contributed by atoms with van der Waals surface area (Å²) < 4.78 is 0. The highest BCUT2D eigenvalue weighted by Crippen LogP contribution is 2.07. The van der Waals surface area contributed by atoms with Crippen LogP contribution in [0.3, 0.4) is 0 Å². The second kappa shape index (κ2) is 362. The summed E-state index contributed by atoms with van der Waals surface area (Å²) in [5.41, 5.74) is 29.8. The van der Waals surface area contributed by atoms with Crippen LogP contribution in [0, 0.1) is 23.7 Å². The molecule has 1 aliphatic rings. The van der Waals surface area contributed by atoms with Crippen molar-refractivity contribution in [3.63, 3.8) is 0 Å². The van der Waals surface area contributed by atoms with E-state index in [1.807, 2.05) is 125 Å². The highest BCUT2D eigenvalue weighted by atomic mass is 16.3. The highest BCUT2D eigenvalue weighted by Gasteiger charge is 2.11. The van der Waals surface area contributed by atoms with Gasteiger partial charge in [-0.1, -0.05) is 218 Å². The molecule has 0 aromatic heterocycles. The Kier molecular flexibility index (Phi) is 755. The summed E-state index contributed by atoms with van der Waals surface area (Å²) in [6.07, 6.45) is 12.7. The van der Waals surface area contributed by atoms with Crippen molar-refractivity contribution in [1.29, 1.82) is 0 Å². The van der Waals surface area contributed by atoms with Crippen molar-refractivity contribution in [2.24, 2.45) is 58.1 Å². The van der Waals surface area contributed by atoms with Gasteiger partial charge in [0.2, 0.25) is 5.91 Å². The molecule has 0 aliphatic carbocycles. The first kappa shape index (κ1) is 198. The zero-order valence-corrected chi connectivity index (χ0v) is 67.8. The lowest BCUT2D eigenvalue weighted by atomic mass is 10.1. The normalized spacial score (nSPS) is 6.93. The van der Waals surface area contributed by atoms with Crippen molar-refractivity contribution in [2.75, 3.05) is 55.4 Å². The summed E-state index contributed by atoms with van der Waals surface area (Å²) in [7, 11) is 9.00. The first-order valence-corrected chi connectivity index (χ1v) is 29.6. The van der Waals surface area contributed by atoms with E-state index in [-0.39, 0.29) is 42.8 Å². The molecule has 25 nitrogen and oxygen atoms in total. The van der Waals surface area contributed by atoms with Crippen LogP contribution in [-0.2, 0) is 70.4 Å². The fourth-order valence-electron chi connectivity index (χ4n) is 2.64. The first-order chi connectivity index (χ1) is 43.4. The molecule has 0 spiro atoms. The smallest absolute Gasteiger partial charge is 0.219 e. The van der Waals surface area contributed by atoms with Crippen LogP contribution < -0.4 is 65.2 Å². The van der Waals surface area contributed by atoms with Crippen LogP contribution in [0.5, 0.6) is 0 Å². The molecule has 592 valence electrons. The van der Waals surface area contributed by atoms with E-state index in [9.17, 15) is 4.79 Å². The summed E-state index contributed by atoms with van der Waals surface area (Å²) in [6.45, 7) is 73.3. The van der Waals surface area contributed by atoms with Gasteiger partial charge in [0.1, 0.15) is 74.7 Å². The van der Waals surface area contributed by atoms with Crippen LogP contribution in [0.15, 0.2) is 73.3 Å². The van der Waals surface area contributed by atoms with Gasteiger partial charge in [0.15, 0.2) is 0 Å². The lowest BCUT2D eigenvalue weighted by Crippen LogP contribution is -2.33. The lowest BCUT2D eigenvalue weighted by molar-refractivity contribution is -0.129. The molecular weight excluding hydrogens is 1220 g/mol. The maximum atomic E-state index is 10.7. The van der Waals surface area contributed by atoms with Crippen LogP contribution in [0.4, 0.5) is 0 Å². The average molecular weight is 1390 g/mol. The zero-order chi connectivity index (χ0) is 79.8. The summed E-state index contributed by atoms with van der Waals surface area (Å²) in [5, 5.41) is 8.06. The van der Waals surface area contributed by atoms with E-state index < -0.39 is 0 Å². The predicted molar refractivity (Wildman–Crippen MR) is 428 cm³/mol. The molecule has 0 bridgehead atoms. The molecule has 1 fully saturated rings. The van der Waals surface area contributed by atoms with Crippen molar-refractivity contribution in [2.45, 2.75) is 216 Å². The summed E-state index contributed by atoms with van der Waals surface area (Å²) in [6, 6.07) is 20.9. The molecule has 28 N–H and O–H groups in total. The third-order valence-electron chi connectivity index (χ3n) is 7.04. The highest BCUT2D eigenvalue weighted by molar-refractivity contribution is 5.73. The standard InChI is InChI=1S/2C8H10.C7H13NO.3C5H12.C4H10.C4H8.C3H8O.2C2H6.6CH5N.11CH2O.5H3N/c2*1-2-8-6-4-3-5-7-8;1-7(9)8-5-3-2-4-6-8;3*1-4-5(2)3;1-4(2)3;1-3-4-2;1-3(2)4;19*1-2;;;;;/h2*3-7H,2H2,1H3;2-6H2,1H3;3*5H,4H2,1-3H3;4H,1-3H3;3H,1,4H2,2H3;3-4H,1-2H3;2*1-2H3;6*2H2,1H3;11*1H2;5*1H3. The van der Waals surface area contributed by atoms with E-state index >= 15 is 0 Å². The number of nitrogens with zero attached hydrogens (tertiary/aromatic N) is 1. The maximum absolute atomic E-state index is 10.7. The van der Waals surface area contributed by atoms with Crippen LogP contribution in [0.1, 0.15) is 208 Å². The summed E-state index contributed by atoms with van der Waals surface area (Å²) >= 11 is 0. The van der Waals surface area contributed by atoms with Crippen molar-refractivity contribution >= 4 is 80.6 Å². The Morgan fingerprint density at radius 3 is 0.579 bits per heavy atom. The third-order valence-corrected chi connectivity index (χ3v) is 7.04. The number of benzene rings is 2. The molecule has 2 aromatic carbocycles. The van der Waals surface area contributed by atoms with Gasteiger partial charge in [-0.15, -0.1) is 6.58 Å². The Hall–Kier alpha value is -6.46. The molecule has 1 amide bonds. The maximum Gasteiger partial charge on any atom is 0.219 e. The van der Waals surface area contributed by atoms with Gasteiger partial charge in [0, 0.05) is 26.1 Å². The second-order valence-corrected chi connectivity index (χ2v) is 15.2. The monoisotopic (exact) mass is 1390 g/mol. The number of hydrogen-bond donors (Lipinski definition) is 12. The minimum absolute atomic E-state index is 0. The number of amides is 1. The summed E-state index contributed by atoms with van der Waals surface area (Å²) in [4.78, 5) is 101. The molecule has 0 saturated carbocycles. The molecular formula is C70H174N12O13. The van der Waals surface area contributed by atoms with Crippen LogP contribution in [-0.4, -0.2) is 152 Å². The minimum Gasteiger partial charge on any atom is -0.394 e. The number of hydrogen-bond acceptors (Lipinski definition) is 24. The number of nitrogens with two attached hydrogens (primary N) is 6. The Morgan fingerprint density at radius 2 is 0.516 bits per heavy atom. The average Bonchev–Trinajstić information content (AvgIpc) is 3.65. The van der Waals surface area contributed by atoms with E-state index in [1.54, 1.807) is 20.8 Å². The zero-order valence-electron chi connectivity index (χ0n) is 67.8. The van der Waals surface area contributed by atoms with Crippen molar-refractivity contribution < 1.29 is 62.6 Å². The van der Waals surface area contributed by atoms with Gasteiger partial charge < -0.3 is 128 Å². The number of piperidine rings is 1. The molecule has 1 heterocycles. The van der Waals surface area contributed by atoms with Gasteiger partial charge in [-0.05, 0) is 129 Å². The number of rotatable bonds is 6. The Labute approximate surface area is 590 Å². The van der Waals surface area contributed by atoms with Crippen molar-refractivity contribution in [1.82, 2.24) is 35.7 Å². The minimum atomic E-state index is -0.167. The number of carbonyl (C=O) groups excluding carboxylic acids is 12. The number of allylic oxidation sites excluding steroid dienone is 1. The molecule has 95 heavy (non-hydrogen) atoms. The fourth-order valence-corrected chi connectivity index (χ4v) is 2.64. The van der Waals surface area contributed by atoms with Gasteiger partial charge in [-0.25, -0.2) is 0 Å². The number of aliphatic hydroxyl groups excluding tert-OH is 1. The second-order valence-electron chi connectivity index (χ2n) is 15.2. The van der Waals surface area contributed by atoms with Crippen molar-refractivity contribution in [3.05, 3.63) is 84.4 Å². The van der Waals surface area contributed by atoms with Gasteiger partial charge in [0.05, 0.1) is 0 Å². The Balaban J connectivity index is -0.0000000168. The van der Waals surface area contributed by atoms with E-state index in [4.69, 9.17) is 57.8 Å². The van der Waals surface area contributed by atoms with Gasteiger partial charge in [-0.2, -0.15) is 0 Å². The molecule has 0 unspecified atom stereocenters. The van der Waals surface area contributed by atoms with Gasteiger partial charge in [-0.3, -0.25) is 4.79 Å². The number of aliphatic hydroxyl groups is 1. The van der Waals surface area contributed by atoms with Crippen LogP contribution in [0.25, 0.3) is 0 Å². The third kappa shape index (κ3) is 605. The summed E-state index contributed by atoms with van der Waals surface area (Å²) in [5.74, 6) is 3.72. The first-order valence-electron chi connectivity index (χ1n) is 29.6. The van der Waals surface area contributed by atoms with Crippen LogP contribution in [0.2, 0.25) is 0 Å². The number of aryl methyl sites for hydroxylation is 2.